The number of carbonyl (C=O) groups is 1. The van der Waals surface area contributed by atoms with E-state index in [-0.39, 0.29) is 18.3 Å². The number of aromatic nitrogens is 3. The second-order valence-corrected chi connectivity index (χ2v) is 4.90. The summed E-state index contributed by atoms with van der Waals surface area (Å²) < 4.78 is 12.0. The summed E-state index contributed by atoms with van der Waals surface area (Å²) in [4.78, 5) is 16.1. The fourth-order valence-corrected chi connectivity index (χ4v) is 2.62. The van der Waals surface area contributed by atoms with E-state index in [0.29, 0.717) is 11.6 Å². The molecule has 0 spiro atoms. The molecule has 2 N–H and O–H groups in total. The predicted octanol–water partition coefficient (Wildman–Crippen LogP) is 2.16. The number of aryl methyl sites for hydroxylation is 3. The molecule has 2 rings (SSSR count). The zero-order chi connectivity index (χ0) is 15.7. The van der Waals surface area contributed by atoms with Crippen molar-refractivity contribution in [2.45, 2.75) is 40.7 Å². The lowest BCUT2D eigenvalue weighted by Crippen LogP contribution is -2.14. The van der Waals surface area contributed by atoms with E-state index in [1.165, 1.54) is 0 Å². The van der Waals surface area contributed by atoms with Crippen LogP contribution in [0.25, 0.3) is 0 Å². The molecule has 7 nitrogen and oxygen atoms in total. The van der Waals surface area contributed by atoms with Gasteiger partial charge in [-0.15, -0.1) is 0 Å². The Morgan fingerprint density at radius 3 is 2.62 bits per heavy atom. The first-order valence-electron chi connectivity index (χ1n) is 6.82. The van der Waals surface area contributed by atoms with Crippen LogP contribution in [0.15, 0.2) is 4.52 Å². The van der Waals surface area contributed by atoms with Crippen LogP contribution in [-0.2, 0) is 4.74 Å². The zero-order valence-electron chi connectivity index (χ0n) is 12.9. The summed E-state index contributed by atoms with van der Waals surface area (Å²) >= 11 is 0. The maximum absolute atomic E-state index is 11.9. The molecule has 0 saturated heterocycles. The average molecular weight is 292 g/mol. The lowest BCUT2D eigenvalue weighted by Gasteiger charge is -2.16. The van der Waals surface area contributed by atoms with E-state index in [1.807, 2.05) is 20.8 Å². The van der Waals surface area contributed by atoms with Crippen LogP contribution < -0.4 is 5.73 Å². The van der Waals surface area contributed by atoms with Crippen molar-refractivity contribution in [1.82, 2.24) is 14.7 Å². The number of ether oxygens (including phenoxy) is 1. The number of hydrogen-bond donors (Lipinski definition) is 1. The second-order valence-electron chi connectivity index (χ2n) is 4.90. The van der Waals surface area contributed by atoms with Crippen LogP contribution in [0.1, 0.15) is 53.2 Å². The Hall–Kier alpha value is -2.31. The molecule has 0 aliphatic carbocycles. The van der Waals surface area contributed by atoms with Crippen LogP contribution in [-0.4, -0.2) is 27.3 Å². The van der Waals surface area contributed by atoms with Crippen molar-refractivity contribution >= 4 is 11.8 Å². The largest absolute Gasteiger partial charge is 0.461 e. The lowest BCUT2D eigenvalue weighted by atomic mass is 10.1. The monoisotopic (exact) mass is 292 g/mol. The fourth-order valence-electron chi connectivity index (χ4n) is 2.62. The molecular formula is C14H20N4O3. The number of nitrogens with zero attached hydrogens (tertiary/aromatic N) is 3. The molecule has 0 aliphatic rings. The Kier molecular flexibility index (Phi) is 4.02. The molecule has 114 valence electrons. The number of imidazole rings is 1. The molecule has 7 heteroatoms. The summed E-state index contributed by atoms with van der Waals surface area (Å²) in [7, 11) is 0. The Morgan fingerprint density at radius 1 is 1.43 bits per heavy atom. The summed E-state index contributed by atoms with van der Waals surface area (Å²) in [5, 5.41) is 3.95. The molecule has 2 heterocycles. The van der Waals surface area contributed by atoms with Crippen LogP contribution >= 0.6 is 0 Å². The van der Waals surface area contributed by atoms with Gasteiger partial charge in [-0.2, -0.15) is 0 Å². The third-order valence-corrected chi connectivity index (χ3v) is 3.49. The standard InChI is InChI=1S/C14H20N4O3/c1-6-20-14(19)12-13(15)18(10(5)16-12)8(3)11-7(2)17-21-9(11)4/h8H,6,15H2,1-5H3. The minimum atomic E-state index is -0.511. The molecule has 0 aromatic carbocycles. The van der Waals surface area contributed by atoms with Crippen LogP contribution in [0.5, 0.6) is 0 Å². The van der Waals surface area contributed by atoms with E-state index in [4.69, 9.17) is 15.0 Å². The quantitative estimate of drug-likeness (QED) is 0.867. The number of anilines is 1. The Morgan fingerprint density at radius 2 is 2.10 bits per heavy atom. The van der Waals surface area contributed by atoms with Crippen molar-refractivity contribution in [3.8, 4) is 0 Å². The van der Waals surface area contributed by atoms with Crippen LogP contribution in [0.3, 0.4) is 0 Å². The van der Waals surface area contributed by atoms with Crippen LogP contribution in [0.2, 0.25) is 0 Å². The molecule has 0 radical (unpaired) electrons. The highest BCUT2D eigenvalue weighted by molar-refractivity contribution is 5.92. The normalized spacial score (nSPS) is 12.4. The molecule has 21 heavy (non-hydrogen) atoms. The van der Waals surface area contributed by atoms with Crippen molar-refractivity contribution in [2.75, 3.05) is 12.3 Å². The summed E-state index contributed by atoms with van der Waals surface area (Å²) in [5.74, 6) is 1.15. The zero-order valence-corrected chi connectivity index (χ0v) is 12.9. The predicted molar refractivity (Wildman–Crippen MR) is 77.1 cm³/mol. The van der Waals surface area contributed by atoms with Gasteiger partial charge in [0.1, 0.15) is 17.4 Å². The van der Waals surface area contributed by atoms with Gasteiger partial charge in [0.05, 0.1) is 18.3 Å². The average Bonchev–Trinajstić information content (AvgIpc) is 2.90. The number of hydrogen-bond acceptors (Lipinski definition) is 6. The van der Waals surface area contributed by atoms with Gasteiger partial charge in [-0.3, -0.25) is 0 Å². The van der Waals surface area contributed by atoms with Gasteiger partial charge in [-0.1, -0.05) is 5.16 Å². The molecule has 0 amide bonds. The van der Waals surface area contributed by atoms with Gasteiger partial charge in [0.25, 0.3) is 0 Å². The van der Waals surface area contributed by atoms with Gasteiger partial charge in [-0.05, 0) is 34.6 Å². The van der Waals surface area contributed by atoms with Crippen molar-refractivity contribution in [2.24, 2.45) is 0 Å². The minimum absolute atomic E-state index is 0.132. The Bertz CT molecular complexity index is 653. The number of carbonyl (C=O) groups excluding carboxylic acids is 1. The summed E-state index contributed by atoms with van der Waals surface area (Å²) in [6.45, 7) is 9.51. The van der Waals surface area contributed by atoms with Gasteiger partial charge in [0.2, 0.25) is 0 Å². The first kappa shape index (κ1) is 15.1. The van der Waals surface area contributed by atoms with E-state index in [2.05, 4.69) is 10.1 Å². The van der Waals surface area contributed by atoms with Gasteiger partial charge in [0.15, 0.2) is 5.69 Å². The minimum Gasteiger partial charge on any atom is -0.461 e. The van der Waals surface area contributed by atoms with Crippen molar-refractivity contribution in [1.29, 1.82) is 0 Å². The van der Waals surface area contributed by atoms with Crippen LogP contribution in [0, 0.1) is 20.8 Å². The maximum Gasteiger partial charge on any atom is 0.360 e. The van der Waals surface area contributed by atoms with E-state index >= 15 is 0 Å². The van der Waals surface area contributed by atoms with Crippen molar-refractivity contribution < 1.29 is 14.1 Å². The molecule has 0 saturated carbocycles. The van der Waals surface area contributed by atoms with E-state index in [1.54, 1.807) is 18.4 Å². The molecule has 2 aromatic heterocycles. The Balaban J connectivity index is 2.48. The lowest BCUT2D eigenvalue weighted by molar-refractivity contribution is 0.0521. The Labute approximate surface area is 123 Å². The summed E-state index contributed by atoms with van der Waals surface area (Å²) in [6.07, 6.45) is 0. The smallest absolute Gasteiger partial charge is 0.360 e. The van der Waals surface area contributed by atoms with E-state index in [0.717, 1.165) is 17.0 Å². The van der Waals surface area contributed by atoms with Crippen LogP contribution in [0.4, 0.5) is 5.82 Å². The number of nitrogen functional groups attached to an aromatic ring is 1. The highest BCUT2D eigenvalue weighted by atomic mass is 16.5. The summed E-state index contributed by atoms with van der Waals surface area (Å²) in [5.41, 5.74) is 7.98. The van der Waals surface area contributed by atoms with Gasteiger partial charge in [0, 0.05) is 5.56 Å². The third kappa shape index (κ3) is 2.51. The second kappa shape index (κ2) is 5.59. The maximum atomic E-state index is 11.9. The van der Waals surface area contributed by atoms with Gasteiger partial charge < -0.3 is 19.6 Å². The van der Waals surface area contributed by atoms with Gasteiger partial charge >= 0.3 is 5.97 Å². The molecule has 0 aliphatic heterocycles. The fraction of sp³-hybridized carbons (Fsp3) is 0.500. The molecule has 1 atom stereocenters. The highest BCUT2D eigenvalue weighted by Crippen LogP contribution is 2.29. The summed E-state index contributed by atoms with van der Waals surface area (Å²) in [6, 6.07) is -0.132. The number of rotatable bonds is 4. The molecule has 1 unspecified atom stereocenters. The molecule has 2 aromatic rings. The van der Waals surface area contributed by atoms with Crippen molar-refractivity contribution in [3.63, 3.8) is 0 Å². The molecule has 0 fully saturated rings. The highest BCUT2D eigenvalue weighted by Gasteiger charge is 2.26. The van der Waals surface area contributed by atoms with Gasteiger partial charge in [-0.25, -0.2) is 9.78 Å². The number of nitrogens with two attached hydrogens (primary N) is 1. The molecule has 0 bridgehead atoms. The molecular weight excluding hydrogens is 272 g/mol. The van der Waals surface area contributed by atoms with E-state index in [9.17, 15) is 4.79 Å². The van der Waals surface area contributed by atoms with E-state index < -0.39 is 5.97 Å². The van der Waals surface area contributed by atoms with Crippen molar-refractivity contribution in [3.05, 3.63) is 28.5 Å². The third-order valence-electron chi connectivity index (χ3n) is 3.49. The SMILES string of the molecule is CCOC(=O)c1nc(C)n(C(C)c2c(C)noc2C)c1N. The first-order chi connectivity index (χ1) is 9.88. The number of esters is 1. The topological polar surface area (TPSA) is 96.2 Å². The first-order valence-corrected chi connectivity index (χ1v) is 6.82.